The van der Waals surface area contributed by atoms with E-state index in [1.807, 2.05) is 41.8 Å². The number of aromatic nitrogens is 1. The zero-order valence-corrected chi connectivity index (χ0v) is 21.2. The topological polar surface area (TPSA) is 73.2 Å². The largest absolute Gasteiger partial charge is 0.497 e. The number of carbonyl (C=O) groups excluding carboxylic acids is 2. The van der Waals surface area contributed by atoms with Gasteiger partial charge in [0.05, 0.1) is 26.3 Å². The average molecular weight is 474 g/mol. The van der Waals surface area contributed by atoms with E-state index in [0.29, 0.717) is 56.3 Å². The van der Waals surface area contributed by atoms with Crippen molar-refractivity contribution in [1.29, 1.82) is 0 Å². The predicted octanol–water partition coefficient (Wildman–Crippen LogP) is 3.74. The number of ether oxygens (including phenoxy) is 3. The van der Waals surface area contributed by atoms with Crippen molar-refractivity contribution < 1.29 is 23.8 Å². The van der Waals surface area contributed by atoms with Gasteiger partial charge in [0.2, 0.25) is 5.91 Å². The molecule has 1 aromatic carbocycles. The summed E-state index contributed by atoms with van der Waals surface area (Å²) in [4.78, 5) is 30.4. The van der Waals surface area contributed by atoms with E-state index >= 15 is 0 Å². The Balaban J connectivity index is 2.24. The first-order chi connectivity index (χ1) is 16.4. The summed E-state index contributed by atoms with van der Waals surface area (Å²) >= 11 is 0. The first-order valence-corrected chi connectivity index (χ1v) is 11.9. The van der Waals surface area contributed by atoms with Gasteiger partial charge in [0.15, 0.2) is 0 Å². The molecule has 0 aliphatic heterocycles. The number of benzene rings is 1. The minimum Gasteiger partial charge on any atom is -0.497 e. The number of amides is 2. The molecule has 0 N–H and O–H groups in total. The van der Waals surface area contributed by atoms with Gasteiger partial charge in [-0.2, -0.15) is 0 Å². The molecule has 0 spiro atoms. The average Bonchev–Trinajstić information content (AvgIpc) is 3.26. The van der Waals surface area contributed by atoms with E-state index < -0.39 is 0 Å². The van der Waals surface area contributed by atoms with Crippen LogP contribution >= 0.6 is 0 Å². The van der Waals surface area contributed by atoms with Crippen molar-refractivity contribution in [3.05, 3.63) is 47.8 Å². The van der Waals surface area contributed by atoms with Crippen LogP contribution in [0.3, 0.4) is 0 Å². The Kier molecular flexibility index (Phi) is 11.5. The first kappa shape index (κ1) is 27.2. The molecule has 0 saturated heterocycles. The van der Waals surface area contributed by atoms with E-state index in [4.69, 9.17) is 14.2 Å². The fraction of sp³-hybridized carbons (Fsp3) is 0.538. The van der Waals surface area contributed by atoms with E-state index in [9.17, 15) is 9.59 Å². The molecule has 8 nitrogen and oxygen atoms in total. The molecular weight excluding hydrogens is 434 g/mol. The zero-order valence-electron chi connectivity index (χ0n) is 21.2. The molecule has 0 aliphatic rings. The summed E-state index contributed by atoms with van der Waals surface area (Å²) < 4.78 is 18.2. The van der Waals surface area contributed by atoms with Crippen LogP contribution in [-0.4, -0.2) is 73.2 Å². The van der Waals surface area contributed by atoms with Crippen molar-refractivity contribution >= 4 is 11.8 Å². The fourth-order valence-electron chi connectivity index (χ4n) is 3.66. The quantitative estimate of drug-likeness (QED) is 0.369. The second-order valence-corrected chi connectivity index (χ2v) is 8.12. The van der Waals surface area contributed by atoms with Crippen molar-refractivity contribution in [3.63, 3.8) is 0 Å². The number of hydrogen-bond acceptors (Lipinski definition) is 5. The second-order valence-electron chi connectivity index (χ2n) is 8.12. The molecule has 0 fully saturated rings. The minimum atomic E-state index is -0.251. The summed E-state index contributed by atoms with van der Waals surface area (Å²) in [6.45, 7) is 6.73. The van der Waals surface area contributed by atoms with Crippen LogP contribution in [-0.2, 0) is 23.1 Å². The summed E-state index contributed by atoms with van der Waals surface area (Å²) in [6.07, 6.45) is 4.49. The maximum Gasteiger partial charge on any atom is 0.258 e. The summed E-state index contributed by atoms with van der Waals surface area (Å²) in [5.74, 6) is 0.685. The smallest absolute Gasteiger partial charge is 0.258 e. The van der Waals surface area contributed by atoms with Crippen molar-refractivity contribution in [3.8, 4) is 11.5 Å². The molecule has 34 heavy (non-hydrogen) atoms. The van der Waals surface area contributed by atoms with Gasteiger partial charge in [0.1, 0.15) is 18.0 Å². The van der Waals surface area contributed by atoms with Crippen molar-refractivity contribution in [2.24, 2.45) is 7.05 Å². The van der Waals surface area contributed by atoms with Crippen molar-refractivity contribution in [1.82, 2.24) is 14.4 Å². The molecule has 1 heterocycles. The number of unbranched alkanes of at least 4 members (excludes halogenated alkanes) is 1. The fourth-order valence-corrected chi connectivity index (χ4v) is 3.66. The maximum absolute atomic E-state index is 13.5. The molecule has 0 unspecified atom stereocenters. The highest BCUT2D eigenvalue weighted by Gasteiger charge is 2.25. The molecule has 0 bridgehead atoms. The van der Waals surface area contributed by atoms with Gasteiger partial charge in [-0.1, -0.05) is 13.3 Å². The Morgan fingerprint density at radius 2 is 1.76 bits per heavy atom. The Hall–Kier alpha value is -3.00. The van der Waals surface area contributed by atoms with E-state index in [1.54, 1.807) is 30.2 Å². The van der Waals surface area contributed by atoms with Crippen LogP contribution in [0.4, 0.5) is 0 Å². The molecule has 0 saturated carbocycles. The van der Waals surface area contributed by atoms with E-state index in [1.165, 1.54) is 7.11 Å². The molecule has 2 amide bonds. The number of methoxy groups -OCH3 is 2. The van der Waals surface area contributed by atoms with Gasteiger partial charge >= 0.3 is 0 Å². The summed E-state index contributed by atoms with van der Waals surface area (Å²) in [5, 5.41) is 0. The van der Waals surface area contributed by atoms with Crippen LogP contribution < -0.4 is 9.47 Å². The standard InChI is InChI=1S/C26H39N3O5/c1-6-8-15-28(19-21-11-9-14-27(21)3)25(30)20-29(16-10-17-34-7-2)26(31)23-13-12-22(32-4)18-24(23)33-5/h9,11-14,18H,6-8,10,15-17,19-20H2,1-5H3. The minimum absolute atomic E-state index is 0.00568. The third-order valence-corrected chi connectivity index (χ3v) is 5.71. The number of carbonyl (C=O) groups is 2. The molecule has 1 aromatic heterocycles. The van der Waals surface area contributed by atoms with Crippen LogP contribution in [0, 0.1) is 0 Å². The van der Waals surface area contributed by atoms with Gasteiger partial charge < -0.3 is 28.6 Å². The molecule has 0 aliphatic carbocycles. The van der Waals surface area contributed by atoms with Gasteiger partial charge in [-0.05, 0) is 44.0 Å². The van der Waals surface area contributed by atoms with Crippen LogP contribution in [0.25, 0.3) is 0 Å². The Labute approximate surface area is 203 Å². The van der Waals surface area contributed by atoms with Crippen LogP contribution in [0.5, 0.6) is 11.5 Å². The Morgan fingerprint density at radius 1 is 1.00 bits per heavy atom. The molecule has 8 heteroatoms. The lowest BCUT2D eigenvalue weighted by Gasteiger charge is -2.28. The Morgan fingerprint density at radius 3 is 2.38 bits per heavy atom. The molecule has 2 rings (SSSR count). The zero-order chi connectivity index (χ0) is 24.9. The lowest BCUT2D eigenvalue weighted by molar-refractivity contribution is -0.132. The van der Waals surface area contributed by atoms with Gasteiger partial charge in [0.25, 0.3) is 5.91 Å². The van der Waals surface area contributed by atoms with Gasteiger partial charge in [-0.25, -0.2) is 0 Å². The molecule has 2 aromatic rings. The number of nitrogens with zero attached hydrogens (tertiary/aromatic N) is 3. The summed E-state index contributed by atoms with van der Waals surface area (Å²) in [7, 11) is 5.05. The van der Waals surface area contributed by atoms with E-state index in [2.05, 4.69) is 6.92 Å². The highest BCUT2D eigenvalue weighted by atomic mass is 16.5. The number of aryl methyl sites for hydroxylation is 1. The van der Waals surface area contributed by atoms with E-state index in [-0.39, 0.29) is 18.4 Å². The maximum atomic E-state index is 13.5. The van der Waals surface area contributed by atoms with Gasteiger partial charge in [-0.3, -0.25) is 9.59 Å². The van der Waals surface area contributed by atoms with Gasteiger partial charge in [-0.15, -0.1) is 0 Å². The predicted molar refractivity (Wildman–Crippen MR) is 132 cm³/mol. The third kappa shape index (κ3) is 7.80. The molecular formula is C26H39N3O5. The normalized spacial score (nSPS) is 10.7. The van der Waals surface area contributed by atoms with Crippen LogP contribution in [0.2, 0.25) is 0 Å². The summed E-state index contributed by atoms with van der Waals surface area (Å²) in [5.41, 5.74) is 1.45. The van der Waals surface area contributed by atoms with E-state index in [0.717, 1.165) is 18.5 Å². The lowest BCUT2D eigenvalue weighted by atomic mass is 10.1. The van der Waals surface area contributed by atoms with Crippen LogP contribution in [0.15, 0.2) is 36.5 Å². The van der Waals surface area contributed by atoms with Crippen LogP contribution in [0.1, 0.15) is 49.2 Å². The molecule has 188 valence electrons. The first-order valence-electron chi connectivity index (χ1n) is 11.9. The third-order valence-electron chi connectivity index (χ3n) is 5.71. The molecule has 0 atom stereocenters. The SMILES string of the molecule is CCCCN(Cc1cccn1C)C(=O)CN(CCCOCC)C(=O)c1ccc(OC)cc1OC. The van der Waals surface area contributed by atoms with Gasteiger partial charge in [0, 0.05) is 51.3 Å². The molecule has 0 radical (unpaired) electrons. The Bertz CT molecular complexity index is 912. The number of hydrogen-bond donors (Lipinski definition) is 0. The van der Waals surface area contributed by atoms with Crippen molar-refractivity contribution in [2.75, 3.05) is 47.1 Å². The van der Waals surface area contributed by atoms with Crippen molar-refractivity contribution in [2.45, 2.75) is 39.7 Å². The second kappa shape index (κ2) is 14.3. The number of rotatable bonds is 15. The summed E-state index contributed by atoms with van der Waals surface area (Å²) in [6, 6.07) is 9.06. The highest BCUT2D eigenvalue weighted by Crippen LogP contribution is 2.26. The lowest BCUT2D eigenvalue weighted by Crippen LogP contribution is -2.44. The highest BCUT2D eigenvalue weighted by molar-refractivity contribution is 5.99. The monoisotopic (exact) mass is 473 g/mol.